The molecule has 70 valence electrons. The number of ether oxygens (including phenoxy) is 1. The van der Waals surface area contributed by atoms with Crippen LogP contribution in [0.1, 0.15) is 32.6 Å². The van der Waals surface area contributed by atoms with Gasteiger partial charge in [0.15, 0.2) is 0 Å². The quantitative estimate of drug-likeness (QED) is 0.592. The molecule has 0 N–H and O–H groups in total. The fourth-order valence-electron chi connectivity index (χ4n) is 2.54. The summed E-state index contributed by atoms with van der Waals surface area (Å²) in [6.45, 7) is 6.89. The third-order valence-corrected chi connectivity index (χ3v) is 3.25. The Morgan fingerprint density at radius 3 is 2.83 bits per heavy atom. The number of piperidine rings is 1. The van der Waals surface area contributed by atoms with Gasteiger partial charge in [0.2, 0.25) is 0 Å². The van der Waals surface area contributed by atoms with E-state index >= 15 is 0 Å². The number of nitrogens with zero attached hydrogens (tertiary/aromatic N) is 1. The van der Waals surface area contributed by atoms with Gasteiger partial charge in [-0.15, -0.1) is 0 Å². The lowest BCUT2D eigenvalue weighted by atomic mass is 9.90. The number of hydrogen-bond acceptors (Lipinski definition) is 2. The van der Waals surface area contributed by atoms with Gasteiger partial charge in [0.05, 0.1) is 5.60 Å². The van der Waals surface area contributed by atoms with Gasteiger partial charge in [0.25, 0.3) is 0 Å². The van der Waals surface area contributed by atoms with Crippen molar-refractivity contribution < 1.29 is 4.74 Å². The van der Waals surface area contributed by atoms with Crippen LogP contribution in [0.5, 0.6) is 0 Å². The highest BCUT2D eigenvalue weighted by atomic mass is 16.5. The molecule has 0 aromatic carbocycles. The van der Waals surface area contributed by atoms with Crippen molar-refractivity contribution in [2.24, 2.45) is 0 Å². The Balaban J connectivity index is 1.97. The van der Waals surface area contributed by atoms with Crippen LogP contribution in [-0.4, -0.2) is 36.7 Å². The van der Waals surface area contributed by atoms with Gasteiger partial charge in [-0.25, -0.2) is 0 Å². The highest BCUT2D eigenvalue weighted by Crippen LogP contribution is 2.34. The van der Waals surface area contributed by atoms with Crippen molar-refractivity contribution in [3.63, 3.8) is 0 Å². The number of hydrogen-bond donors (Lipinski definition) is 0. The van der Waals surface area contributed by atoms with E-state index in [4.69, 9.17) is 4.74 Å². The molecular formula is C10H19NO. The van der Waals surface area contributed by atoms with Crippen molar-refractivity contribution in [2.75, 3.05) is 26.2 Å². The molecule has 2 heterocycles. The van der Waals surface area contributed by atoms with Crippen LogP contribution in [0.3, 0.4) is 0 Å². The SMILES string of the molecule is CCN1CCCC2(CCCO2)C1. The van der Waals surface area contributed by atoms with Gasteiger partial charge in [-0.05, 0) is 38.8 Å². The minimum atomic E-state index is 0.272. The zero-order valence-electron chi connectivity index (χ0n) is 8.01. The van der Waals surface area contributed by atoms with Crippen molar-refractivity contribution in [1.29, 1.82) is 0 Å². The van der Waals surface area contributed by atoms with E-state index in [1.165, 1.54) is 45.3 Å². The largest absolute Gasteiger partial charge is 0.374 e. The third kappa shape index (κ3) is 1.50. The first-order valence-electron chi connectivity index (χ1n) is 5.21. The van der Waals surface area contributed by atoms with Crippen molar-refractivity contribution in [1.82, 2.24) is 4.90 Å². The molecule has 12 heavy (non-hydrogen) atoms. The van der Waals surface area contributed by atoms with Gasteiger partial charge in [-0.3, -0.25) is 0 Å². The third-order valence-electron chi connectivity index (χ3n) is 3.25. The number of likely N-dealkylation sites (N-methyl/N-ethyl adjacent to an activating group) is 1. The summed E-state index contributed by atoms with van der Waals surface area (Å²) in [5, 5.41) is 0. The molecule has 1 unspecified atom stereocenters. The Morgan fingerprint density at radius 2 is 2.17 bits per heavy atom. The van der Waals surface area contributed by atoms with Crippen LogP contribution in [-0.2, 0) is 4.74 Å². The highest BCUT2D eigenvalue weighted by molar-refractivity contribution is 4.91. The Labute approximate surface area is 74.9 Å². The summed E-state index contributed by atoms with van der Waals surface area (Å²) in [6, 6.07) is 0. The van der Waals surface area contributed by atoms with Crippen molar-refractivity contribution in [3.05, 3.63) is 0 Å². The van der Waals surface area contributed by atoms with Gasteiger partial charge in [0.1, 0.15) is 0 Å². The molecule has 0 saturated carbocycles. The zero-order valence-corrected chi connectivity index (χ0v) is 8.01. The Bertz CT molecular complexity index is 152. The normalized spacial score (nSPS) is 37.8. The lowest BCUT2D eigenvalue weighted by Crippen LogP contribution is -2.47. The Morgan fingerprint density at radius 1 is 1.33 bits per heavy atom. The van der Waals surface area contributed by atoms with E-state index in [0.717, 1.165) is 6.61 Å². The summed E-state index contributed by atoms with van der Waals surface area (Å²) in [4.78, 5) is 2.52. The van der Waals surface area contributed by atoms with Gasteiger partial charge in [-0.1, -0.05) is 6.92 Å². The maximum atomic E-state index is 5.87. The number of likely N-dealkylation sites (tertiary alicyclic amines) is 1. The molecule has 2 aliphatic rings. The first kappa shape index (κ1) is 8.52. The first-order valence-corrected chi connectivity index (χ1v) is 5.21. The average Bonchev–Trinajstić information content (AvgIpc) is 2.53. The molecule has 1 spiro atoms. The standard InChI is InChI=1S/C10H19NO/c1-2-11-7-3-5-10(9-11)6-4-8-12-10/h2-9H2,1H3. The van der Waals surface area contributed by atoms with Crippen LogP contribution in [0.2, 0.25) is 0 Å². The fraction of sp³-hybridized carbons (Fsp3) is 1.00. The molecule has 0 amide bonds. The van der Waals surface area contributed by atoms with Crippen LogP contribution in [0.15, 0.2) is 0 Å². The summed E-state index contributed by atoms with van der Waals surface area (Å²) >= 11 is 0. The van der Waals surface area contributed by atoms with Crippen LogP contribution in [0.25, 0.3) is 0 Å². The van der Waals surface area contributed by atoms with Gasteiger partial charge < -0.3 is 9.64 Å². The van der Waals surface area contributed by atoms with Gasteiger partial charge >= 0.3 is 0 Å². The summed E-state index contributed by atoms with van der Waals surface area (Å²) in [7, 11) is 0. The maximum Gasteiger partial charge on any atom is 0.0810 e. The zero-order chi connectivity index (χ0) is 8.44. The van der Waals surface area contributed by atoms with Crippen LogP contribution in [0.4, 0.5) is 0 Å². The van der Waals surface area contributed by atoms with E-state index in [1.807, 2.05) is 0 Å². The second-order valence-electron chi connectivity index (χ2n) is 4.11. The Kier molecular flexibility index (Phi) is 2.37. The Hall–Kier alpha value is -0.0800. The molecule has 2 aliphatic heterocycles. The lowest BCUT2D eigenvalue weighted by molar-refractivity contribution is -0.0499. The molecule has 1 atom stereocenters. The predicted molar refractivity (Wildman–Crippen MR) is 49.3 cm³/mol. The monoisotopic (exact) mass is 169 g/mol. The summed E-state index contributed by atoms with van der Waals surface area (Å²) in [5.74, 6) is 0. The summed E-state index contributed by atoms with van der Waals surface area (Å²) < 4.78 is 5.87. The topological polar surface area (TPSA) is 12.5 Å². The second-order valence-corrected chi connectivity index (χ2v) is 4.11. The molecule has 0 aromatic heterocycles. The van der Waals surface area contributed by atoms with E-state index < -0.39 is 0 Å². The van der Waals surface area contributed by atoms with E-state index in [2.05, 4.69) is 11.8 Å². The molecule has 2 fully saturated rings. The van der Waals surface area contributed by atoms with E-state index in [9.17, 15) is 0 Å². The summed E-state index contributed by atoms with van der Waals surface area (Å²) in [6.07, 6.45) is 5.19. The minimum absolute atomic E-state index is 0.272. The molecule has 2 nitrogen and oxygen atoms in total. The molecule has 2 heteroatoms. The molecule has 0 aliphatic carbocycles. The fourth-order valence-corrected chi connectivity index (χ4v) is 2.54. The van der Waals surface area contributed by atoms with E-state index in [0.29, 0.717) is 0 Å². The maximum absolute atomic E-state index is 5.87. The smallest absolute Gasteiger partial charge is 0.0810 e. The molecule has 2 saturated heterocycles. The minimum Gasteiger partial charge on any atom is -0.374 e. The van der Waals surface area contributed by atoms with Crippen molar-refractivity contribution in [3.8, 4) is 0 Å². The van der Waals surface area contributed by atoms with E-state index in [-0.39, 0.29) is 5.60 Å². The van der Waals surface area contributed by atoms with Crippen molar-refractivity contribution in [2.45, 2.75) is 38.2 Å². The number of rotatable bonds is 1. The van der Waals surface area contributed by atoms with E-state index in [1.54, 1.807) is 0 Å². The van der Waals surface area contributed by atoms with Crippen LogP contribution >= 0.6 is 0 Å². The highest BCUT2D eigenvalue weighted by Gasteiger charge is 2.38. The molecule has 0 radical (unpaired) electrons. The van der Waals surface area contributed by atoms with Crippen molar-refractivity contribution >= 4 is 0 Å². The summed E-state index contributed by atoms with van der Waals surface area (Å²) in [5.41, 5.74) is 0.272. The second kappa shape index (κ2) is 3.35. The van der Waals surface area contributed by atoms with Gasteiger partial charge in [0, 0.05) is 13.2 Å². The molecule has 2 rings (SSSR count). The molecule has 0 bridgehead atoms. The van der Waals surface area contributed by atoms with Crippen LogP contribution in [0, 0.1) is 0 Å². The van der Waals surface area contributed by atoms with Crippen LogP contribution < -0.4 is 0 Å². The predicted octanol–water partition coefficient (Wildman–Crippen LogP) is 1.65. The molecular weight excluding hydrogens is 150 g/mol. The first-order chi connectivity index (χ1) is 5.85. The lowest BCUT2D eigenvalue weighted by Gasteiger charge is -2.39. The molecule has 0 aromatic rings. The van der Waals surface area contributed by atoms with Gasteiger partial charge in [-0.2, -0.15) is 0 Å². The average molecular weight is 169 g/mol.